The van der Waals surface area contributed by atoms with Gasteiger partial charge in [0.15, 0.2) is 0 Å². The highest BCUT2D eigenvalue weighted by atomic mass is 79.9. The average Bonchev–Trinajstić information content (AvgIpc) is 3.13. The molecule has 7 heteroatoms. The van der Waals surface area contributed by atoms with Crippen LogP contribution in [0.15, 0.2) is 65.4 Å². The van der Waals surface area contributed by atoms with Gasteiger partial charge in [0, 0.05) is 16.4 Å². The summed E-state index contributed by atoms with van der Waals surface area (Å²) >= 11 is 3.38. The highest BCUT2D eigenvalue weighted by Gasteiger charge is 2.12. The van der Waals surface area contributed by atoms with Crippen LogP contribution >= 0.6 is 15.9 Å². The number of benzene rings is 2. The fourth-order valence-electron chi connectivity index (χ4n) is 2.32. The second kappa shape index (κ2) is 7.97. The second-order valence-electron chi connectivity index (χ2n) is 5.41. The largest absolute Gasteiger partial charge is 0.462 e. The fraction of sp³-hybridized carbons (Fsp3) is 0.105. The summed E-state index contributed by atoms with van der Waals surface area (Å²) < 4.78 is 7.55. The number of nitrogens with one attached hydrogen (secondary N) is 1. The number of esters is 1. The number of nitrogens with zero attached hydrogens (tertiary/aromatic N) is 2. The van der Waals surface area contributed by atoms with E-state index in [-0.39, 0.29) is 5.91 Å². The highest BCUT2D eigenvalue weighted by molar-refractivity contribution is 9.10. The molecule has 3 rings (SSSR count). The molecule has 26 heavy (non-hydrogen) atoms. The molecule has 6 nitrogen and oxygen atoms in total. The topological polar surface area (TPSA) is 73.2 Å². The Bertz CT molecular complexity index is 935. The van der Waals surface area contributed by atoms with Crippen LogP contribution in [0.2, 0.25) is 0 Å². The van der Waals surface area contributed by atoms with E-state index in [1.807, 2.05) is 24.3 Å². The molecule has 3 aromatic rings. The third-order valence-electron chi connectivity index (χ3n) is 3.57. The van der Waals surface area contributed by atoms with E-state index in [4.69, 9.17) is 4.74 Å². The van der Waals surface area contributed by atoms with Crippen LogP contribution in [-0.4, -0.2) is 28.3 Å². The lowest BCUT2D eigenvalue weighted by atomic mass is 10.2. The minimum Gasteiger partial charge on any atom is -0.462 e. The summed E-state index contributed by atoms with van der Waals surface area (Å²) in [7, 11) is 0. The smallest absolute Gasteiger partial charge is 0.338 e. The molecular weight excluding hydrogens is 398 g/mol. The maximum Gasteiger partial charge on any atom is 0.338 e. The molecule has 0 bridgehead atoms. The van der Waals surface area contributed by atoms with Crippen LogP contribution in [0.5, 0.6) is 0 Å². The number of hydrogen-bond acceptors (Lipinski definition) is 4. The van der Waals surface area contributed by atoms with E-state index in [0.717, 1.165) is 10.2 Å². The first-order chi connectivity index (χ1) is 12.6. The average molecular weight is 414 g/mol. The van der Waals surface area contributed by atoms with E-state index in [0.29, 0.717) is 23.4 Å². The van der Waals surface area contributed by atoms with Gasteiger partial charge in [0.05, 0.1) is 29.6 Å². The van der Waals surface area contributed by atoms with Gasteiger partial charge >= 0.3 is 5.97 Å². The van der Waals surface area contributed by atoms with Crippen molar-refractivity contribution in [3.05, 3.63) is 76.5 Å². The number of anilines is 1. The number of ether oxygens (including phenoxy) is 1. The third-order valence-corrected chi connectivity index (χ3v) is 4.10. The molecule has 0 aliphatic rings. The van der Waals surface area contributed by atoms with Crippen LogP contribution in [0, 0.1) is 0 Å². The SMILES string of the molecule is CCOC(=O)c1cccc(NC(=O)c2cnn(-c3ccc(Br)cc3)c2)c1. The Morgan fingerprint density at radius 2 is 1.92 bits per heavy atom. The Labute approximate surface area is 158 Å². The molecule has 1 amide bonds. The molecule has 0 spiro atoms. The van der Waals surface area contributed by atoms with Gasteiger partial charge in [0.2, 0.25) is 0 Å². The van der Waals surface area contributed by atoms with E-state index in [1.165, 1.54) is 6.20 Å². The minimum absolute atomic E-state index is 0.296. The first kappa shape index (κ1) is 17.9. The lowest BCUT2D eigenvalue weighted by molar-refractivity contribution is 0.0526. The summed E-state index contributed by atoms with van der Waals surface area (Å²) in [5.41, 5.74) is 2.15. The summed E-state index contributed by atoms with van der Waals surface area (Å²) in [5, 5.41) is 6.98. The van der Waals surface area contributed by atoms with Gasteiger partial charge in [-0.15, -0.1) is 0 Å². The Morgan fingerprint density at radius 3 is 2.65 bits per heavy atom. The van der Waals surface area contributed by atoms with E-state index >= 15 is 0 Å². The van der Waals surface area contributed by atoms with Crippen molar-refractivity contribution in [1.82, 2.24) is 9.78 Å². The van der Waals surface area contributed by atoms with Crippen LogP contribution in [0.25, 0.3) is 5.69 Å². The van der Waals surface area contributed by atoms with Gasteiger partial charge < -0.3 is 10.1 Å². The molecule has 2 aromatic carbocycles. The predicted octanol–water partition coefficient (Wildman–Crippen LogP) is 4.06. The molecule has 0 saturated heterocycles. The Morgan fingerprint density at radius 1 is 1.15 bits per heavy atom. The van der Waals surface area contributed by atoms with Crippen molar-refractivity contribution in [2.45, 2.75) is 6.92 Å². The highest BCUT2D eigenvalue weighted by Crippen LogP contribution is 2.16. The van der Waals surface area contributed by atoms with Gasteiger partial charge in [-0.2, -0.15) is 5.10 Å². The predicted molar refractivity (Wildman–Crippen MR) is 102 cm³/mol. The number of rotatable bonds is 5. The molecule has 0 unspecified atom stereocenters. The molecular formula is C19H16BrN3O3. The van der Waals surface area contributed by atoms with Gasteiger partial charge in [-0.1, -0.05) is 22.0 Å². The Kier molecular flexibility index (Phi) is 5.48. The maximum absolute atomic E-state index is 12.4. The normalized spacial score (nSPS) is 10.4. The van der Waals surface area contributed by atoms with Crippen molar-refractivity contribution >= 4 is 33.5 Å². The molecule has 0 aliphatic carbocycles. The number of carbonyl (C=O) groups excluding carboxylic acids is 2. The number of carbonyl (C=O) groups is 2. The van der Waals surface area contributed by atoms with Gasteiger partial charge in [0.25, 0.3) is 5.91 Å². The summed E-state index contributed by atoms with van der Waals surface area (Å²) in [5.74, 6) is -0.735. The van der Waals surface area contributed by atoms with Crippen LogP contribution in [-0.2, 0) is 4.74 Å². The summed E-state index contributed by atoms with van der Waals surface area (Å²) in [4.78, 5) is 24.2. The minimum atomic E-state index is -0.424. The maximum atomic E-state index is 12.4. The van der Waals surface area contributed by atoms with Crippen LogP contribution in [0.1, 0.15) is 27.6 Å². The number of hydrogen-bond donors (Lipinski definition) is 1. The standard InChI is InChI=1S/C19H16BrN3O3/c1-2-26-19(25)13-4-3-5-16(10-13)22-18(24)14-11-21-23(12-14)17-8-6-15(20)7-9-17/h3-12H,2H2,1H3,(H,22,24). The van der Waals surface area contributed by atoms with Crippen LogP contribution < -0.4 is 5.32 Å². The fourth-order valence-corrected chi connectivity index (χ4v) is 2.58. The van der Waals surface area contributed by atoms with Crippen molar-refractivity contribution in [2.24, 2.45) is 0 Å². The van der Waals surface area contributed by atoms with Crippen LogP contribution in [0.3, 0.4) is 0 Å². The molecule has 0 aliphatic heterocycles. The molecule has 132 valence electrons. The molecule has 0 saturated carbocycles. The van der Waals surface area contributed by atoms with E-state index in [1.54, 1.807) is 42.1 Å². The van der Waals surface area contributed by atoms with Gasteiger partial charge in [-0.3, -0.25) is 4.79 Å². The van der Waals surface area contributed by atoms with Gasteiger partial charge in [-0.25, -0.2) is 9.48 Å². The zero-order valence-corrected chi connectivity index (χ0v) is 15.6. The van der Waals surface area contributed by atoms with Crippen molar-refractivity contribution in [3.63, 3.8) is 0 Å². The first-order valence-electron chi connectivity index (χ1n) is 7.96. The third kappa shape index (κ3) is 4.18. The van der Waals surface area contributed by atoms with Crippen molar-refractivity contribution in [3.8, 4) is 5.69 Å². The summed E-state index contributed by atoms with van der Waals surface area (Å²) in [6.07, 6.45) is 3.14. The lowest BCUT2D eigenvalue weighted by Crippen LogP contribution is -2.12. The molecule has 1 N–H and O–H groups in total. The van der Waals surface area contributed by atoms with E-state index in [9.17, 15) is 9.59 Å². The van der Waals surface area contributed by atoms with Crippen LogP contribution in [0.4, 0.5) is 5.69 Å². The van der Waals surface area contributed by atoms with E-state index < -0.39 is 5.97 Å². The first-order valence-corrected chi connectivity index (χ1v) is 8.75. The van der Waals surface area contributed by atoms with Gasteiger partial charge in [0.1, 0.15) is 0 Å². The molecule has 0 fully saturated rings. The number of halogens is 1. The van der Waals surface area contributed by atoms with Crippen molar-refractivity contribution < 1.29 is 14.3 Å². The molecule has 0 atom stereocenters. The van der Waals surface area contributed by atoms with Crippen molar-refractivity contribution in [1.29, 1.82) is 0 Å². The quantitative estimate of drug-likeness (QED) is 0.639. The van der Waals surface area contributed by atoms with E-state index in [2.05, 4.69) is 26.3 Å². The van der Waals surface area contributed by atoms with Gasteiger partial charge in [-0.05, 0) is 49.4 Å². The zero-order valence-electron chi connectivity index (χ0n) is 14.0. The summed E-state index contributed by atoms with van der Waals surface area (Å²) in [6, 6.07) is 14.2. The molecule has 0 radical (unpaired) electrons. The Balaban J connectivity index is 1.74. The molecule has 1 heterocycles. The zero-order chi connectivity index (χ0) is 18.5. The second-order valence-corrected chi connectivity index (χ2v) is 6.32. The molecule has 1 aromatic heterocycles. The lowest BCUT2D eigenvalue weighted by Gasteiger charge is -2.06. The summed E-state index contributed by atoms with van der Waals surface area (Å²) in [6.45, 7) is 2.04. The monoisotopic (exact) mass is 413 g/mol. The van der Waals surface area contributed by atoms with Crippen molar-refractivity contribution in [2.75, 3.05) is 11.9 Å². The number of amides is 1. The number of aromatic nitrogens is 2. The Hall–Kier alpha value is -2.93.